The summed E-state index contributed by atoms with van der Waals surface area (Å²) in [6, 6.07) is 3.29. The van der Waals surface area contributed by atoms with Gasteiger partial charge in [0.05, 0.1) is 21.9 Å². The van der Waals surface area contributed by atoms with Crippen molar-refractivity contribution in [2.45, 2.75) is 6.42 Å². The molecule has 1 rings (SSSR count). The minimum absolute atomic E-state index is 0.0598. The first-order chi connectivity index (χ1) is 6.16. The second-order valence-electron chi connectivity index (χ2n) is 2.18. The molecule has 0 bridgehead atoms. The Morgan fingerprint density at radius 2 is 2.46 bits per heavy atom. The summed E-state index contributed by atoms with van der Waals surface area (Å²) in [5.41, 5.74) is 0.0472. The number of nitro groups is 1. The lowest BCUT2D eigenvalue weighted by molar-refractivity contribution is -0.386. The van der Waals surface area contributed by atoms with Gasteiger partial charge in [-0.05, 0) is 22.0 Å². The van der Waals surface area contributed by atoms with Crippen LogP contribution in [0.2, 0.25) is 0 Å². The highest BCUT2D eigenvalue weighted by Crippen LogP contribution is 2.26. The maximum atomic E-state index is 10.5. The number of pyridine rings is 1. The van der Waals surface area contributed by atoms with Crippen LogP contribution in [0.1, 0.15) is 5.69 Å². The Balaban J connectivity index is 3.27. The van der Waals surface area contributed by atoms with Gasteiger partial charge in [0.1, 0.15) is 5.69 Å². The highest BCUT2D eigenvalue weighted by atomic mass is 79.9. The smallest absolute Gasteiger partial charge is 0.258 e. The minimum atomic E-state index is -0.552. The normalized spacial score (nSPS) is 9.23. The standard InChI is InChI=1S/C7H4BrN3O2/c8-5-2-4-10-6(1-3-9)7(5)11(12)13/h2,4H,1H2. The van der Waals surface area contributed by atoms with E-state index >= 15 is 0 Å². The number of aromatic nitrogens is 1. The van der Waals surface area contributed by atoms with Gasteiger partial charge in [0.15, 0.2) is 0 Å². The van der Waals surface area contributed by atoms with Crippen molar-refractivity contribution < 1.29 is 4.92 Å². The van der Waals surface area contributed by atoms with E-state index in [0.717, 1.165) is 0 Å². The predicted molar refractivity (Wildman–Crippen MR) is 47.9 cm³/mol. The third-order valence-corrected chi connectivity index (χ3v) is 2.02. The van der Waals surface area contributed by atoms with Crippen LogP contribution in [0, 0.1) is 21.4 Å². The fourth-order valence-electron chi connectivity index (χ4n) is 0.867. The third-order valence-electron chi connectivity index (χ3n) is 1.38. The molecule has 13 heavy (non-hydrogen) atoms. The van der Waals surface area contributed by atoms with Gasteiger partial charge in [-0.15, -0.1) is 0 Å². The third kappa shape index (κ3) is 2.00. The van der Waals surface area contributed by atoms with Crippen LogP contribution in [0.25, 0.3) is 0 Å². The summed E-state index contributed by atoms with van der Waals surface area (Å²) in [4.78, 5) is 13.7. The summed E-state index contributed by atoms with van der Waals surface area (Å²) in [7, 11) is 0. The quantitative estimate of drug-likeness (QED) is 0.585. The van der Waals surface area contributed by atoms with Crippen molar-refractivity contribution in [3.63, 3.8) is 0 Å². The first-order valence-electron chi connectivity index (χ1n) is 3.31. The van der Waals surface area contributed by atoms with E-state index in [1.807, 2.05) is 6.07 Å². The molecule has 1 aromatic rings. The number of hydrogen-bond acceptors (Lipinski definition) is 4. The molecule has 0 radical (unpaired) electrons. The molecule has 0 amide bonds. The molecule has 0 aliphatic heterocycles. The van der Waals surface area contributed by atoms with E-state index in [4.69, 9.17) is 5.26 Å². The van der Waals surface area contributed by atoms with Crippen molar-refractivity contribution in [3.05, 3.63) is 32.5 Å². The van der Waals surface area contributed by atoms with Crippen LogP contribution in [-0.4, -0.2) is 9.91 Å². The molecule has 1 aromatic heterocycles. The van der Waals surface area contributed by atoms with Crippen molar-refractivity contribution in [2.75, 3.05) is 0 Å². The second kappa shape index (κ2) is 3.96. The van der Waals surface area contributed by atoms with Crippen LogP contribution in [0.4, 0.5) is 5.69 Å². The molecule has 0 N–H and O–H groups in total. The molecule has 0 fully saturated rings. The molecule has 0 unspecified atom stereocenters. The highest BCUT2D eigenvalue weighted by Gasteiger charge is 2.18. The SMILES string of the molecule is N#CCc1nccc(Br)c1[N+](=O)[O-]. The van der Waals surface area contributed by atoms with Gasteiger partial charge in [0, 0.05) is 6.20 Å². The maximum Gasteiger partial charge on any atom is 0.305 e. The van der Waals surface area contributed by atoms with Gasteiger partial charge < -0.3 is 0 Å². The molecule has 6 heteroatoms. The van der Waals surface area contributed by atoms with Crippen LogP contribution in [0.5, 0.6) is 0 Å². The van der Waals surface area contributed by atoms with Gasteiger partial charge in [0.2, 0.25) is 0 Å². The van der Waals surface area contributed by atoms with Crippen LogP contribution in [0.15, 0.2) is 16.7 Å². The van der Waals surface area contributed by atoms with E-state index in [0.29, 0.717) is 4.47 Å². The lowest BCUT2D eigenvalue weighted by atomic mass is 10.2. The van der Waals surface area contributed by atoms with Crippen molar-refractivity contribution in [1.82, 2.24) is 4.98 Å². The van der Waals surface area contributed by atoms with Crippen LogP contribution < -0.4 is 0 Å². The van der Waals surface area contributed by atoms with Crippen molar-refractivity contribution in [1.29, 1.82) is 5.26 Å². The van der Waals surface area contributed by atoms with E-state index < -0.39 is 4.92 Å². The Morgan fingerprint density at radius 1 is 1.77 bits per heavy atom. The minimum Gasteiger partial charge on any atom is -0.258 e. The average molecular weight is 242 g/mol. The first-order valence-corrected chi connectivity index (χ1v) is 4.11. The number of rotatable bonds is 2. The monoisotopic (exact) mass is 241 g/mol. The fraction of sp³-hybridized carbons (Fsp3) is 0.143. The zero-order chi connectivity index (χ0) is 9.84. The predicted octanol–water partition coefficient (Wildman–Crippen LogP) is 1.82. The van der Waals surface area contributed by atoms with Gasteiger partial charge in [-0.2, -0.15) is 5.26 Å². The molecule has 5 nitrogen and oxygen atoms in total. The fourth-order valence-corrected chi connectivity index (χ4v) is 1.36. The van der Waals surface area contributed by atoms with E-state index in [9.17, 15) is 10.1 Å². The summed E-state index contributed by atoms with van der Waals surface area (Å²) in [6.45, 7) is 0. The second-order valence-corrected chi connectivity index (χ2v) is 3.03. The van der Waals surface area contributed by atoms with Crippen molar-refractivity contribution in [2.24, 2.45) is 0 Å². The van der Waals surface area contributed by atoms with Crippen LogP contribution in [-0.2, 0) is 6.42 Å². The Morgan fingerprint density at radius 3 is 3.00 bits per heavy atom. The molecule has 0 spiro atoms. The number of halogens is 1. The van der Waals surface area contributed by atoms with Gasteiger partial charge in [-0.25, -0.2) is 0 Å². The highest BCUT2D eigenvalue weighted by molar-refractivity contribution is 9.10. The summed E-state index contributed by atoms with van der Waals surface area (Å²) >= 11 is 3.03. The Hall–Kier alpha value is -1.48. The molecule has 0 aliphatic rings. The van der Waals surface area contributed by atoms with E-state index in [1.165, 1.54) is 12.3 Å². The molecule has 0 saturated carbocycles. The van der Waals surface area contributed by atoms with Crippen molar-refractivity contribution >= 4 is 21.6 Å². The van der Waals surface area contributed by atoms with Crippen molar-refractivity contribution in [3.8, 4) is 6.07 Å². The topological polar surface area (TPSA) is 79.8 Å². The number of hydrogen-bond donors (Lipinski definition) is 0. The van der Waals surface area contributed by atoms with Crippen LogP contribution in [0.3, 0.4) is 0 Å². The molecule has 0 aliphatic carbocycles. The van der Waals surface area contributed by atoms with Gasteiger partial charge in [0.25, 0.3) is 0 Å². The lowest BCUT2D eigenvalue weighted by Gasteiger charge is -1.98. The molecule has 66 valence electrons. The van der Waals surface area contributed by atoms with E-state index in [2.05, 4.69) is 20.9 Å². The number of nitriles is 1. The summed E-state index contributed by atoms with van der Waals surface area (Å²) in [6.07, 6.45) is 1.36. The van der Waals surface area contributed by atoms with Crippen LogP contribution >= 0.6 is 15.9 Å². The largest absolute Gasteiger partial charge is 0.305 e. The zero-order valence-corrected chi connectivity index (χ0v) is 7.98. The average Bonchev–Trinajstić information content (AvgIpc) is 2.04. The van der Waals surface area contributed by atoms with E-state index in [1.54, 1.807) is 0 Å². The summed E-state index contributed by atoms with van der Waals surface area (Å²) < 4.78 is 0.345. The summed E-state index contributed by atoms with van der Waals surface area (Å²) in [5.74, 6) is 0. The first kappa shape index (κ1) is 9.61. The molecule has 0 saturated heterocycles. The molecule has 1 heterocycles. The Bertz CT molecular complexity index is 386. The molecule has 0 atom stereocenters. The molecular weight excluding hydrogens is 238 g/mol. The summed E-state index contributed by atoms with van der Waals surface area (Å²) in [5, 5.41) is 18.9. The Labute approximate surface area is 82.3 Å². The molecule has 0 aromatic carbocycles. The number of nitrogens with zero attached hydrogens (tertiary/aromatic N) is 3. The molecular formula is C7H4BrN3O2. The van der Waals surface area contributed by atoms with E-state index in [-0.39, 0.29) is 17.8 Å². The lowest BCUT2D eigenvalue weighted by Crippen LogP contribution is -1.98. The van der Waals surface area contributed by atoms with Gasteiger partial charge in [-0.1, -0.05) is 0 Å². The zero-order valence-electron chi connectivity index (χ0n) is 6.40. The van der Waals surface area contributed by atoms with Gasteiger partial charge in [-0.3, -0.25) is 15.1 Å². The Kier molecular flexibility index (Phi) is 2.93. The van der Waals surface area contributed by atoms with Gasteiger partial charge >= 0.3 is 5.69 Å². The maximum absolute atomic E-state index is 10.5.